The Balaban J connectivity index is 2.50. The number of halogens is 1. The molecule has 0 atom stereocenters. The van der Waals surface area contributed by atoms with E-state index in [1.165, 1.54) is 12.4 Å². The van der Waals surface area contributed by atoms with Gasteiger partial charge in [0.2, 0.25) is 5.91 Å². The van der Waals surface area contributed by atoms with E-state index in [4.69, 9.17) is 17.3 Å². The lowest BCUT2D eigenvalue weighted by Gasteiger charge is -2.02. The number of hydrogen-bond acceptors (Lipinski definition) is 5. The summed E-state index contributed by atoms with van der Waals surface area (Å²) < 4.78 is 0. The highest BCUT2D eigenvalue weighted by Crippen LogP contribution is 2.01. The highest BCUT2D eigenvalue weighted by Gasteiger charge is 2.08. The van der Waals surface area contributed by atoms with Gasteiger partial charge in [0.05, 0.1) is 12.4 Å². The topological polar surface area (TPSA) is 107 Å². The molecular formula is C7H7ClN4O3. The van der Waals surface area contributed by atoms with Crippen LogP contribution in [0.2, 0.25) is 5.15 Å². The minimum Gasteiger partial charge on any atom is -0.368 e. The number of primary amides is 1. The number of hydrogen-bond donors (Lipinski definition) is 2. The summed E-state index contributed by atoms with van der Waals surface area (Å²) >= 11 is 5.50. The maximum Gasteiger partial charge on any atom is 0.295 e. The molecule has 3 N–H and O–H groups in total. The van der Waals surface area contributed by atoms with Crippen molar-refractivity contribution in [2.75, 3.05) is 6.61 Å². The molecule has 1 aromatic rings. The van der Waals surface area contributed by atoms with E-state index < -0.39 is 18.4 Å². The summed E-state index contributed by atoms with van der Waals surface area (Å²) in [5.74, 6) is -1.36. The van der Waals surface area contributed by atoms with E-state index in [0.717, 1.165) is 0 Å². The molecule has 80 valence electrons. The monoisotopic (exact) mass is 230 g/mol. The lowest BCUT2D eigenvalue weighted by atomic mass is 10.4. The second-order valence-corrected chi connectivity index (χ2v) is 2.80. The second kappa shape index (κ2) is 5.23. The van der Waals surface area contributed by atoms with Crippen LogP contribution < -0.4 is 11.2 Å². The lowest BCUT2D eigenvalue weighted by molar-refractivity contribution is -0.124. The third-order valence-electron chi connectivity index (χ3n) is 1.22. The van der Waals surface area contributed by atoms with Crippen LogP contribution in [0.15, 0.2) is 12.4 Å². The van der Waals surface area contributed by atoms with Gasteiger partial charge in [0.15, 0.2) is 6.61 Å². The number of carbonyl (C=O) groups excluding carboxylic acids is 2. The van der Waals surface area contributed by atoms with Crippen LogP contribution in [0.3, 0.4) is 0 Å². The van der Waals surface area contributed by atoms with E-state index in [0.29, 0.717) is 0 Å². The van der Waals surface area contributed by atoms with Gasteiger partial charge in [0.25, 0.3) is 5.91 Å². The zero-order chi connectivity index (χ0) is 11.3. The number of amides is 2. The molecule has 0 aliphatic carbocycles. The largest absolute Gasteiger partial charge is 0.368 e. The van der Waals surface area contributed by atoms with Crippen LogP contribution in [0.1, 0.15) is 10.5 Å². The normalized spacial score (nSPS) is 9.67. The minimum atomic E-state index is -0.701. The molecule has 1 rings (SSSR count). The predicted octanol–water partition coefficient (Wildman–Crippen LogP) is -0.723. The van der Waals surface area contributed by atoms with Gasteiger partial charge in [-0.15, -0.1) is 0 Å². The van der Waals surface area contributed by atoms with E-state index >= 15 is 0 Å². The minimum absolute atomic E-state index is 0.0213. The van der Waals surface area contributed by atoms with Crippen molar-refractivity contribution in [2.24, 2.45) is 5.73 Å². The molecule has 0 saturated carbocycles. The van der Waals surface area contributed by atoms with Crippen molar-refractivity contribution in [1.29, 1.82) is 0 Å². The van der Waals surface area contributed by atoms with Crippen molar-refractivity contribution in [3.8, 4) is 0 Å². The van der Waals surface area contributed by atoms with Crippen molar-refractivity contribution < 1.29 is 14.4 Å². The fourth-order valence-electron chi connectivity index (χ4n) is 0.677. The SMILES string of the molecule is NC(=O)CONC(=O)c1cncc(Cl)n1. The average Bonchev–Trinajstić information content (AvgIpc) is 2.17. The van der Waals surface area contributed by atoms with Gasteiger partial charge in [0.1, 0.15) is 10.8 Å². The smallest absolute Gasteiger partial charge is 0.295 e. The Morgan fingerprint density at radius 3 is 2.87 bits per heavy atom. The van der Waals surface area contributed by atoms with E-state index in [1.54, 1.807) is 0 Å². The molecule has 1 heterocycles. The molecule has 15 heavy (non-hydrogen) atoms. The van der Waals surface area contributed by atoms with Crippen LogP contribution in [-0.2, 0) is 9.63 Å². The summed E-state index contributed by atoms with van der Waals surface area (Å²) in [6, 6.07) is 0. The highest BCUT2D eigenvalue weighted by atomic mass is 35.5. The third kappa shape index (κ3) is 3.88. The van der Waals surface area contributed by atoms with E-state index in [2.05, 4.69) is 14.8 Å². The van der Waals surface area contributed by atoms with Gasteiger partial charge in [-0.05, 0) is 0 Å². The van der Waals surface area contributed by atoms with Crippen molar-refractivity contribution >= 4 is 23.4 Å². The molecule has 0 bridgehead atoms. The summed E-state index contributed by atoms with van der Waals surface area (Å²) in [7, 11) is 0. The Hall–Kier alpha value is -1.73. The standard InChI is InChI=1S/C7H7ClN4O3/c8-5-2-10-1-4(11-5)7(14)12-15-3-6(9)13/h1-2H,3H2,(H2,9,13)(H,12,14). The first-order chi connectivity index (χ1) is 7.09. The van der Waals surface area contributed by atoms with E-state index in [9.17, 15) is 9.59 Å². The fourth-order valence-corrected chi connectivity index (χ4v) is 0.824. The molecule has 0 radical (unpaired) electrons. The number of hydroxylamine groups is 1. The molecule has 7 nitrogen and oxygen atoms in total. The van der Waals surface area contributed by atoms with Gasteiger partial charge in [-0.1, -0.05) is 11.6 Å². The van der Waals surface area contributed by atoms with Gasteiger partial charge in [-0.25, -0.2) is 10.5 Å². The number of nitrogens with zero attached hydrogens (tertiary/aromatic N) is 2. The van der Waals surface area contributed by atoms with E-state index in [-0.39, 0.29) is 10.8 Å². The molecular weight excluding hydrogens is 224 g/mol. The highest BCUT2D eigenvalue weighted by molar-refractivity contribution is 6.29. The molecule has 0 aromatic carbocycles. The van der Waals surface area contributed by atoms with Crippen LogP contribution in [0.5, 0.6) is 0 Å². The summed E-state index contributed by atoms with van der Waals surface area (Å²) in [4.78, 5) is 33.3. The maximum atomic E-state index is 11.2. The first-order valence-electron chi connectivity index (χ1n) is 3.77. The Morgan fingerprint density at radius 2 is 2.27 bits per heavy atom. The van der Waals surface area contributed by atoms with Crippen molar-refractivity contribution in [1.82, 2.24) is 15.4 Å². The summed E-state index contributed by atoms with van der Waals surface area (Å²) in [6.07, 6.45) is 2.48. The average molecular weight is 231 g/mol. The Kier molecular flexibility index (Phi) is 3.95. The molecule has 0 aliphatic heterocycles. The quantitative estimate of drug-likeness (QED) is 0.664. The van der Waals surface area contributed by atoms with Gasteiger partial charge in [0, 0.05) is 0 Å². The van der Waals surface area contributed by atoms with E-state index in [1.807, 2.05) is 5.48 Å². The molecule has 0 unspecified atom stereocenters. The molecule has 2 amide bonds. The first-order valence-corrected chi connectivity index (χ1v) is 4.15. The molecule has 0 fully saturated rings. The Bertz CT molecular complexity index is 384. The van der Waals surface area contributed by atoms with Crippen LogP contribution in [-0.4, -0.2) is 28.4 Å². The van der Waals surface area contributed by atoms with Crippen LogP contribution >= 0.6 is 11.6 Å². The van der Waals surface area contributed by atoms with Gasteiger partial charge in [-0.2, -0.15) is 0 Å². The molecule has 0 spiro atoms. The first kappa shape index (κ1) is 11.3. The third-order valence-corrected chi connectivity index (χ3v) is 1.40. The number of aromatic nitrogens is 2. The summed E-state index contributed by atoms with van der Waals surface area (Å²) in [6.45, 7) is -0.417. The fraction of sp³-hybridized carbons (Fsp3) is 0.143. The zero-order valence-electron chi connectivity index (χ0n) is 7.44. The van der Waals surface area contributed by atoms with Crippen LogP contribution in [0.25, 0.3) is 0 Å². The van der Waals surface area contributed by atoms with Gasteiger partial charge < -0.3 is 5.73 Å². The molecule has 8 heteroatoms. The van der Waals surface area contributed by atoms with Gasteiger partial charge >= 0.3 is 0 Å². The lowest BCUT2D eigenvalue weighted by Crippen LogP contribution is -2.29. The number of carbonyl (C=O) groups is 2. The maximum absolute atomic E-state index is 11.2. The number of nitrogens with one attached hydrogen (secondary N) is 1. The molecule has 0 saturated heterocycles. The summed E-state index contributed by atoms with van der Waals surface area (Å²) in [5.41, 5.74) is 6.71. The van der Waals surface area contributed by atoms with Gasteiger partial charge in [-0.3, -0.25) is 19.4 Å². The van der Waals surface area contributed by atoms with Crippen molar-refractivity contribution in [2.45, 2.75) is 0 Å². The second-order valence-electron chi connectivity index (χ2n) is 2.41. The Morgan fingerprint density at radius 1 is 1.53 bits per heavy atom. The summed E-state index contributed by atoms with van der Waals surface area (Å²) in [5, 5.41) is 0.0811. The van der Waals surface area contributed by atoms with Crippen molar-refractivity contribution in [3.63, 3.8) is 0 Å². The van der Waals surface area contributed by atoms with Crippen LogP contribution in [0.4, 0.5) is 0 Å². The van der Waals surface area contributed by atoms with Crippen LogP contribution in [0, 0.1) is 0 Å². The Labute approximate surface area is 89.5 Å². The molecule has 1 aromatic heterocycles. The number of nitrogens with two attached hydrogens (primary N) is 1. The zero-order valence-corrected chi connectivity index (χ0v) is 8.19. The molecule has 0 aliphatic rings. The number of rotatable bonds is 4. The van der Waals surface area contributed by atoms with Crippen molar-refractivity contribution in [3.05, 3.63) is 23.2 Å². The predicted molar refractivity (Wildman–Crippen MR) is 49.7 cm³/mol.